The Kier molecular flexibility index (Phi) is 4.31. The second-order valence-corrected chi connectivity index (χ2v) is 8.45. The van der Waals surface area contributed by atoms with Gasteiger partial charge in [-0.25, -0.2) is 0 Å². The van der Waals surface area contributed by atoms with Crippen LogP contribution in [0.15, 0.2) is 65.6 Å². The molecule has 0 aliphatic rings. The summed E-state index contributed by atoms with van der Waals surface area (Å²) in [7, 11) is -4.32. The molecule has 0 atom stereocenters. The number of benzene rings is 3. The molecule has 0 aromatic heterocycles. The average Bonchev–Trinajstić information content (AvgIpc) is 2.53. The molecule has 2 N–H and O–H groups in total. The minimum Gasteiger partial charge on any atom is -0.355 e. The Bertz CT molecular complexity index is 1030. The largest absolute Gasteiger partial charge is 0.355 e. The van der Waals surface area contributed by atoms with Gasteiger partial charge in [0.05, 0.1) is 0 Å². The first kappa shape index (κ1) is 17.5. The molecule has 0 aliphatic heterocycles. The lowest BCUT2D eigenvalue weighted by atomic mass is 9.85. The summed E-state index contributed by atoms with van der Waals surface area (Å²) in [4.78, 5) is -0.0960. The van der Waals surface area contributed by atoms with Gasteiger partial charge in [-0.2, -0.15) is 8.42 Å². The highest BCUT2D eigenvalue weighted by Gasteiger charge is 2.20. The Morgan fingerprint density at radius 1 is 0.840 bits per heavy atom. The molecule has 0 radical (unpaired) electrons. The van der Waals surface area contributed by atoms with E-state index in [0.29, 0.717) is 11.1 Å². The van der Waals surface area contributed by atoms with Gasteiger partial charge >= 0.3 is 0 Å². The van der Waals surface area contributed by atoms with Crippen molar-refractivity contribution in [3.63, 3.8) is 0 Å². The lowest BCUT2D eigenvalue weighted by molar-refractivity contribution is 0.484. The molecule has 0 saturated carbocycles. The Morgan fingerprint density at radius 2 is 1.44 bits per heavy atom. The molecule has 4 nitrogen and oxygen atoms in total. The van der Waals surface area contributed by atoms with Gasteiger partial charge in [0.15, 0.2) is 0 Å². The number of fused-ring (bicyclic) bond motifs is 1. The van der Waals surface area contributed by atoms with Crippen molar-refractivity contribution in [2.24, 2.45) is 0 Å². The second kappa shape index (κ2) is 6.17. The highest BCUT2D eigenvalue weighted by atomic mass is 32.2. The molecule has 0 heterocycles. The van der Waals surface area contributed by atoms with E-state index >= 15 is 0 Å². The lowest BCUT2D eigenvalue weighted by Crippen LogP contribution is -2.13. The minimum absolute atomic E-state index is 0.0694. The molecule has 130 valence electrons. The molecule has 25 heavy (non-hydrogen) atoms. The maximum Gasteiger partial charge on any atom is 0.295 e. The summed E-state index contributed by atoms with van der Waals surface area (Å²) in [5.41, 5.74) is 2.60. The normalized spacial score (nSPS) is 12.3. The van der Waals surface area contributed by atoms with Crippen LogP contribution in [0.4, 0.5) is 11.4 Å². The molecule has 0 aliphatic carbocycles. The average molecular weight is 355 g/mol. The van der Waals surface area contributed by atoms with Crippen LogP contribution in [0.5, 0.6) is 0 Å². The van der Waals surface area contributed by atoms with Crippen LogP contribution >= 0.6 is 0 Å². The summed E-state index contributed by atoms with van der Waals surface area (Å²) >= 11 is 0. The molecule has 0 unspecified atom stereocenters. The summed E-state index contributed by atoms with van der Waals surface area (Å²) in [5, 5.41) is 4.59. The first-order chi connectivity index (χ1) is 11.7. The lowest BCUT2D eigenvalue weighted by Gasteiger charge is -2.24. The topological polar surface area (TPSA) is 66.4 Å². The van der Waals surface area contributed by atoms with E-state index in [1.165, 1.54) is 6.07 Å². The van der Waals surface area contributed by atoms with Crippen molar-refractivity contribution >= 4 is 32.3 Å². The maximum atomic E-state index is 11.8. The Labute approximate surface area is 148 Å². The Morgan fingerprint density at radius 3 is 2.08 bits per heavy atom. The Balaban J connectivity index is 2.23. The van der Waals surface area contributed by atoms with E-state index < -0.39 is 10.1 Å². The molecule has 3 rings (SSSR count). The summed E-state index contributed by atoms with van der Waals surface area (Å²) in [6, 6.07) is 18.3. The second-order valence-electron chi connectivity index (χ2n) is 7.06. The molecule has 3 aromatic rings. The van der Waals surface area contributed by atoms with E-state index in [1.54, 1.807) is 6.07 Å². The molecular weight excluding hydrogens is 334 g/mol. The van der Waals surface area contributed by atoms with Gasteiger partial charge < -0.3 is 5.32 Å². The zero-order chi connectivity index (χ0) is 18.2. The number of hydrogen-bond donors (Lipinski definition) is 2. The van der Waals surface area contributed by atoms with Gasteiger partial charge in [-0.3, -0.25) is 4.55 Å². The fourth-order valence-electron chi connectivity index (χ4n) is 3.02. The van der Waals surface area contributed by atoms with Gasteiger partial charge in [-0.1, -0.05) is 63.2 Å². The number of anilines is 2. The fraction of sp³-hybridized carbons (Fsp3) is 0.200. The van der Waals surface area contributed by atoms with Gasteiger partial charge in [-0.15, -0.1) is 0 Å². The van der Waals surface area contributed by atoms with Crippen LogP contribution in [-0.4, -0.2) is 13.0 Å². The van der Waals surface area contributed by atoms with Crippen LogP contribution in [0.1, 0.15) is 26.3 Å². The number of nitrogens with one attached hydrogen (secondary N) is 1. The van der Waals surface area contributed by atoms with Crippen LogP contribution in [0.25, 0.3) is 10.8 Å². The van der Waals surface area contributed by atoms with Crippen LogP contribution in [0, 0.1) is 0 Å². The third-order valence-electron chi connectivity index (χ3n) is 4.15. The smallest absolute Gasteiger partial charge is 0.295 e. The summed E-state index contributed by atoms with van der Waals surface area (Å²) in [6.45, 7) is 6.38. The monoisotopic (exact) mass is 355 g/mol. The molecule has 0 fully saturated rings. The van der Waals surface area contributed by atoms with Crippen LogP contribution in [0.2, 0.25) is 0 Å². The first-order valence-electron chi connectivity index (χ1n) is 8.04. The van der Waals surface area contributed by atoms with Crippen molar-refractivity contribution in [3.8, 4) is 0 Å². The standard InChI is InChI=1S/C20H21NO3S/c1-20(2,3)15-10-4-5-11-16(15)21-17-12-6-8-14-9-7-13-18(19(14)17)25(22,23)24/h4-13,21H,1-3H3,(H,22,23,24). The van der Waals surface area contributed by atoms with Crippen molar-refractivity contribution in [1.29, 1.82) is 0 Å². The number of rotatable bonds is 3. The van der Waals surface area contributed by atoms with Crippen molar-refractivity contribution in [3.05, 3.63) is 66.2 Å². The minimum atomic E-state index is -4.32. The molecule has 0 spiro atoms. The van der Waals surface area contributed by atoms with Crippen LogP contribution in [-0.2, 0) is 15.5 Å². The molecule has 0 saturated heterocycles. The van der Waals surface area contributed by atoms with Crippen LogP contribution < -0.4 is 5.32 Å². The predicted molar refractivity (Wildman–Crippen MR) is 102 cm³/mol. The predicted octanol–water partition coefficient (Wildman–Crippen LogP) is 5.13. The number of hydrogen-bond acceptors (Lipinski definition) is 3. The molecule has 0 amide bonds. The highest BCUT2D eigenvalue weighted by molar-refractivity contribution is 7.86. The molecule has 0 bridgehead atoms. The molecule has 3 aromatic carbocycles. The fourth-order valence-corrected chi connectivity index (χ4v) is 3.75. The van der Waals surface area contributed by atoms with Gasteiger partial charge in [0.25, 0.3) is 10.1 Å². The van der Waals surface area contributed by atoms with Gasteiger partial charge in [0, 0.05) is 16.8 Å². The third-order valence-corrected chi connectivity index (χ3v) is 5.04. The third kappa shape index (κ3) is 3.52. The highest BCUT2D eigenvalue weighted by Crippen LogP contribution is 2.35. The zero-order valence-corrected chi connectivity index (χ0v) is 15.3. The van der Waals surface area contributed by atoms with E-state index in [2.05, 4.69) is 32.2 Å². The van der Waals surface area contributed by atoms with Gasteiger partial charge in [-0.05, 0) is 34.6 Å². The van der Waals surface area contributed by atoms with Crippen molar-refractivity contribution in [2.75, 3.05) is 5.32 Å². The summed E-state index contributed by atoms with van der Waals surface area (Å²) in [6.07, 6.45) is 0. The van der Waals surface area contributed by atoms with E-state index in [0.717, 1.165) is 16.6 Å². The molecular formula is C20H21NO3S. The zero-order valence-electron chi connectivity index (χ0n) is 14.4. The SMILES string of the molecule is CC(C)(C)c1ccccc1Nc1cccc2cccc(S(=O)(=O)O)c12. The summed E-state index contributed by atoms with van der Waals surface area (Å²) in [5.74, 6) is 0. The Hall–Kier alpha value is -2.37. The van der Waals surface area contributed by atoms with Crippen molar-refractivity contribution in [1.82, 2.24) is 0 Å². The van der Waals surface area contributed by atoms with Crippen molar-refractivity contribution < 1.29 is 13.0 Å². The van der Waals surface area contributed by atoms with Crippen LogP contribution in [0.3, 0.4) is 0 Å². The quantitative estimate of drug-likeness (QED) is 0.639. The van der Waals surface area contributed by atoms with E-state index in [-0.39, 0.29) is 10.3 Å². The van der Waals surface area contributed by atoms with E-state index in [4.69, 9.17) is 0 Å². The van der Waals surface area contributed by atoms with Gasteiger partial charge in [0.1, 0.15) is 4.90 Å². The number of para-hydroxylation sites is 1. The van der Waals surface area contributed by atoms with E-state index in [1.807, 2.05) is 42.5 Å². The summed E-state index contributed by atoms with van der Waals surface area (Å²) < 4.78 is 33.2. The molecule has 5 heteroatoms. The van der Waals surface area contributed by atoms with Crippen molar-refractivity contribution in [2.45, 2.75) is 31.1 Å². The van der Waals surface area contributed by atoms with E-state index in [9.17, 15) is 13.0 Å². The van der Waals surface area contributed by atoms with Gasteiger partial charge in [0.2, 0.25) is 0 Å². The maximum absolute atomic E-state index is 11.8. The first-order valence-corrected chi connectivity index (χ1v) is 9.48.